The lowest BCUT2D eigenvalue weighted by atomic mass is 10.1. The van der Waals surface area contributed by atoms with Crippen LogP contribution in [0.4, 0.5) is 5.13 Å². The predicted molar refractivity (Wildman–Crippen MR) is 139 cm³/mol. The van der Waals surface area contributed by atoms with E-state index in [1.807, 2.05) is 6.07 Å². The van der Waals surface area contributed by atoms with Crippen LogP contribution in [0.1, 0.15) is 28.1 Å². The van der Waals surface area contributed by atoms with Crippen LogP contribution in [-0.4, -0.2) is 61.4 Å². The van der Waals surface area contributed by atoms with Gasteiger partial charge in [0.05, 0.1) is 23.8 Å². The van der Waals surface area contributed by atoms with Crippen molar-refractivity contribution in [3.63, 3.8) is 0 Å². The first-order valence-corrected chi connectivity index (χ1v) is 14.4. The molecule has 0 bridgehead atoms. The minimum atomic E-state index is -3.51. The van der Waals surface area contributed by atoms with E-state index in [4.69, 9.17) is 4.74 Å². The number of benzene rings is 2. The first-order valence-electron chi connectivity index (χ1n) is 12.2. The Morgan fingerprint density at radius 2 is 1.75 bits per heavy atom. The van der Waals surface area contributed by atoms with Crippen molar-refractivity contribution in [1.29, 1.82) is 0 Å². The van der Waals surface area contributed by atoms with Crippen molar-refractivity contribution in [3.8, 4) is 0 Å². The van der Waals surface area contributed by atoms with Crippen LogP contribution in [0.25, 0.3) is 0 Å². The van der Waals surface area contributed by atoms with Crippen LogP contribution in [0.3, 0.4) is 0 Å². The van der Waals surface area contributed by atoms with Gasteiger partial charge in [0.15, 0.2) is 5.13 Å². The van der Waals surface area contributed by atoms with Crippen LogP contribution in [0.2, 0.25) is 0 Å². The largest absolute Gasteiger partial charge is 0.379 e. The molecule has 3 heterocycles. The summed E-state index contributed by atoms with van der Waals surface area (Å²) in [7, 11) is -3.51. The number of morpholine rings is 1. The average Bonchev–Trinajstić information content (AvgIpc) is 3.30. The van der Waals surface area contributed by atoms with Crippen LogP contribution >= 0.6 is 11.3 Å². The Labute approximate surface area is 216 Å². The molecule has 36 heavy (non-hydrogen) atoms. The van der Waals surface area contributed by atoms with Gasteiger partial charge in [-0.3, -0.25) is 9.69 Å². The molecule has 0 saturated carbocycles. The summed E-state index contributed by atoms with van der Waals surface area (Å²) < 4.78 is 32.2. The van der Waals surface area contributed by atoms with Crippen molar-refractivity contribution in [2.45, 2.75) is 37.2 Å². The van der Waals surface area contributed by atoms with Gasteiger partial charge >= 0.3 is 0 Å². The minimum absolute atomic E-state index is 0.0905. The van der Waals surface area contributed by atoms with Crippen LogP contribution in [0, 0.1) is 0 Å². The number of rotatable bonds is 8. The first-order chi connectivity index (χ1) is 17.5. The Morgan fingerprint density at radius 1 is 1.00 bits per heavy atom. The van der Waals surface area contributed by atoms with Gasteiger partial charge in [0.1, 0.15) is 0 Å². The lowest BCUT2D eigenvalue weighted by Gasteiger charge is -2.26. The number of aryl methyl sites for hydroxylation is 1. The predicted octanol–water partition coefficient (Wildman–Crippen LogP) is 3.29. The van der Waals surface area contributed by atoms with Crippen molar-refractivity contribution in [2.24, 2.45) is 0 Å². The lowest BCUT2D eigenvalue weighted by Crippen LogP contribution is -2.40. The quantitative estimate of drug-likeness (QED) is 0.484. The Hall–Kier alpha value is -2.63. The molecule has 1 fully saturated rings. The third-order valence-corrected chi connectivity index (χ3v) is 9.39. The summed E-state index contributed by atoms with van der Waals surface area (Å²) >= 11 is 1.55. The SMILES string of the molecule is O=C(CCc1ccc(S(=O)(=O)N2CCOCC2)cc1)Nc1nc2c(s1)CN(Cc1ccccc1)CC2. The highest BCUT2D eigenvalue weighted by atomic mass is 32.2. The van der Waals surface area contributed by atoms with Gasteiger partial charge in [0, 0.05) is 50.4 Å². The molecule has 0 spiro atoms. The number of nitrogens with zero attached hydrogens (tertiary/aromatic N) is 3. The molecule has 2 aliphatic heterocycles. The monoisotopic (exact) mass is 526 g/mol. The van der Waals surface area contributed by atoms with E-state index in [0.717, 1.165) is 37.3 Å². The van der Waals surface area contributed by atoms with E-state index >= 15 is 0 Å². The number of aromatic nitrogens is 1. The first kappa shape index (κ1) is 25.0. The number of carbonyl (C=O) groups is 1. The molecular weight excluding hydrogens is 496 g/mol. The molecule has 10 heteroatoms. The highest BCUT2D eigenvalue weighted by Gasteiger charge is 2.26. The topological polar surface area (TPSA) is 91.8 Å². The van der Waals surface area contributed by atoms with Gasteiger partial charge in [-0.1, -0.05) is 42.5 Å². The fourth-order valence-corrected chi connectivity index (χ4v) is 6.96. The van der Waals surface area contributed by atoms with E-state index in [2.05, 4.69) is 39.5 Å². The number of sulfonamides is 1. The Morgan fingerprint density at radius 3 is 2.50 bits per heavy atom. The zero-order chi connectivity index (χ0) is 25.0. The number of carbonyl (C=O) groups excluding carboxylic acids is 1. The zero-order valence-electron chi connectivity index (χ0n) is 20.1. The maximum Gasteiger partial charge on any atom is 0.243 e. The van der Waals surface area contributed by atoms with Crippen molar-refractivity contribution in [2.75, 3.05) is 38.2 Å². The number of amides is 1. The molecule has 1 amide bonds. The summed E-state index contributed by atoms with van der Waals surface area (Å²) in [6.07, 6.45) is 1.72. The molecule has 1 N–H and O–H groups in total. The van der Waals surface area contributed by atoms with E-state index in [9.17, 15) is 13.2 Å². The van der Waals surface area contributed by atoms with E-state index in [0.29, 0.717) is 44.3 Å². The number of hydrogen-bond acceptors (Lipinski definition) is 7. The van der Waals surface area contributed by atoms with E-state index in [1.165, 1.54) is 14.7 Å². The number of hydrogen-bond donors (Lipinski definition) is 1. The van der Waals surface area contributed by atoms with Crippen molar-refractivity contribution >= 4 is 32.4 Å². The second-order valence-corrected chi connectivity index (χ2v) is 12.1. The van der Waals surface area contributed by atoms with E-state index in [-0.39, 0.29) is 10.8 Å². The Kier molecular flexibility index (Phi) is 7.78. The van der Waals surface area contributed by atoms with Crippen LogP contribution in [-0.2, 0) is 45.5 Å². The molecule has 0 radical (unpaired) electrons. The summed E-state index contributed by atoms with van der Waals surface area (Å²) in [5.74, 6) is -0.0905. The van der Waals surface area contributed by atoms with E-state index in [1.54, 1.807) is 35.6 Å². The second-order valence-electron chi connectivity index (χ2n) is 9.04. The third-order valence-electron chi connectivity index (χ3n) is 6.48. The van der Waals surface area contributed by atoms with Crippen molar-refractivity contribution < 1.29 is 17.9 Å². The molecule has 1 saturated heterocycles. The minimum Gasteiger partial charge on any atom is -0.379 e. The number of ether oxygens (including phenoxy) is 1. The summed E-state index contributed by atoms with van der Waals surface area (Å²) in [5, 5.41) is 3.60. The van der Waals surface area contributed by atoms with Crippen molar-refractivity contribution in [3.05, 3.63) is 76.3 Å². The van der Waals surface area contributed by atoms with Gasteiger partial charge < -0.3 is 10.1 Å². The molecule has 1 aromatic heterocycles. The molecular formula is C26H30N4O4S2. The van der Waals surface area contributed by atoms with Gasteiger partial charge in [0.2, 0.25) is 15.9 Å². The van der Waals surface area contributed by atoms with Crippen LogP contribution in [0.5, 0.6) is 0 Å². The summed E-state index contributed by atoms with van der Waals surface area (Å²) in [5.41, 5.74) is 3.29. The summed E-state index contributed by atoms with van der Waals surface area (Å²) in [4.78, 5) is 21.1. The molecule has 0 aliphatic carbocycles. The maximum atomic E-state index is 12.8. The number of anilines is 1. The highest BCUT2D eigenvalue weighted by molar-refractivity contribution is 7.89. The smallest absolute Gasteiger partial charge is 0.243 e. The standard InChI is InChI=1S/C26H30N4O4S2/c31-25(11-8-20-6-9-22(10-7-20)36(32,33)30-14-16-34-17-15-30)28-26-27-23-12-13-29(19-24(23)35-26)18-21-4-2-1-3-5-21/h1-7,9-10H,8,11-19H2,(H,27,28,31). The maximum absolute atomic E-state index is 12.8. The molecule has 8 nitrogen and oxygen atoms in total. The zero-order valence-corrected chi connectivity index (χ0v) is 21.7. The highest BCUT2D eigenvalue weighted by Crippen LogP contribution is 2.29. The fraction of sp³-hybridized carbons (Fsp3) is 0.385. The third kappa shape index (κ3) is 6.01. The normalized spacial score (nSPS) is 17.0. The van der Waals surface area contributed by atoms with Gasteiger partial charge in [0.25, 0.3) is 0 Å². The Balaban J connectivity index is 1.12. The van der Waals surface area contributed by atoms with Gasteiger partial charge in [-0.05, 0) is 29.7 Å². The molecule has 5 rings (SSSR count). The van der Waals surface area contributed by atoms with E-state index < -0.39 is 10.0 Å². The number of thiazole rings is 1. The van der Waals surface area contributed by atoms with Crippen LogP contribution in [0.15, 0.2) is 59.5 Å². The Bertz CT molecular complexity index is 1290. The molecule has 190 valence electrons. The van der Waals surface area contributed by atoms with Gasteiger partial charge in [-0.25, -0.2) is 13.4 Å². The second kappa shape index (κ2) is 11.2. The molecule has 0 unspecified atom stereocenters. The summed E-state index contributed by atoms with van der Waals surface area (Å²) in [6, 6.07) is 17.2. The number of fused-ring (bicyclic) bond motifs is 1. The molecule has 0 atom stereocenters. The molecule has 3 aromatic rings. The van der Waals surface area contributed by atoms with Crippen LogP contribution < -0.4 is 5.32 Å². The molecule has 2 aromatic carbocycles. The molecule has 2 aliphatic rings. The lowest BCUT2D eigenvalue weighted by molar-refractivity contribution is -0.116. The van der Waals surface area contributed by atoms with Gasteiger partial charge in [-0.2, -0.15) is 4.31 Å². The summed E-state index contributed by atoms with van der Waals surface area (Å²) in [6.45, 7) is 4.28. The van der Waals surface area contributed by atoms with Gasteiger partial charge in [-0.15, -0.1) is 11.3 Å². The van der Waals surface area contributed by atoms with Crippen molar-refractivity contribution in [1.82, 2.24) is 14.2 Å². The number of nitrogens with one attached hydrogen (secondary N) is 1. The average molecular weight is 527 g/mol. The fourth-order valence-electron chi connectivity index (χ4n) is 4.48.